The number of hydrogen-bond acceptors (Lipinski definition) is 6. The number of nitrogens with one attached hydrogen (secondary N) is 1. The van der Waals surface area contributed by atoms with E-state index < -0.39 is 0 Å². The summed E-state index contributed by atoms with van der Waals surface area (Å²) < 4.78 is 7.63. The minimum Gasteiger partial charge on any atom is -0.383 e. The van der Waals surface area contributed by atoms with Gasteiger partial charge in [-0.15, -0.1) is 10.2 Å². The Morgan fingerprint density at radius 1 is 1.33 bits per heavy atom. The molecule has 1 fully saturated rings. The van der Waals surface area contributed by atoms with E-state index in [9.17, 15) is 0 Å². The molecule has 1 aliphatic rings. The predicted molar refractivity (Wildman–Crippen MR) is 93.7 cm³/mol. The van der Waals surface area contributed by atoms with Crippen LogP contribution in [-0.4, -0.2) is 51.3 Å². The SMILES string of the molecule is CN(c1nnc(-c2cn[nH]c2N)n1CC(C)(C)C)C1CCOCC1. The quantitative estimate of drug-likeness (QED) is 0.887. The van der Waals surface area contributed by atoms with Gasteiger partial charge >= 0.3 is 0 Å². The van der Waals surface area contributed by atoms with Crippen molar-refractivity contribution in [2.45, 2.75) is 46.2 Å². The molecule has 0 aliphatic carbocycles. The molecular formula is C16H27N7O. The number of nitrogen functional groups attached to an aromatic ring is 1. The third-order valence-corrected chi connectivity index (χ3v) is 4.33. The summed E-state index contributed by atoms with van der Waals surface area (Å²) in [5, 5.41) is 15.7. The average molecular weight is 333 g/mol. The molecule has 3 heterocycles. The fourth-order valence-corrected chi connectivity index (χ4v) is 3.08. The lowest BCUT2D eigenvalue weighted by molar-refractivity contribution is 0.0850. The molecule has 0 unspecified atom stereocenters. The van der Waals surface area contributed by atoms with Crippen molar-refractivity contribution in [3.63, 3.8) is 0 Å². The van der Waals surface area contributed by atoms with Gasteiger partial charge < -0.3 is 15.4 Å². The number of nitrogens with zero attached hydrogens (tertiary/aromatic N) is 5. The van der Waals surface area contributed by atoms with Crippen molar-refractivity contribution in [1.29, 1.82) is 0 Å². The summed E-state index contributed by atoms with van der Waals surface area (Å²) >= 11 is 0. The van der Waals surface area contributed by atoms with Crippen LogP contribution in [0.2, 0.25) is 0 Å². The van der Waals surface area contributed by atoms with Gasteiger partial charge in [0.1, 0.15) is 5.82 Å². The summed E-state index contributed by atoms with van der Waals surface area (Å²) in [5.41, 5.74) is 6.88. The van der Waals surface area contributed by atoms with Crippen LogP contribution in [0.3, 0.4) is 0 Å². The zero-order chi connectivity index (χ0) is 17.3. The molecule has 0 saturated carbocycles. The zero-order valence-corrected chi connectivity index (χ0v) is 14.9. The summed E-state index contributed by atoms with van der Waals surface area (Å²) in [6.45, 7) is 8.99. The monoisotopic (exact) mass is 333 g/mol. The first-order valence-corrected chi connectivity index (χ1v) is 8.40. The van der Waals surface area contributed by atoms with Crippen LogP contribution in [-0.2, 0) is 11.3 Å². The van der Waals surface area contributed by atoms with Gasteiger partial charge in [0.2, 0.25) is 5.95 Å². The Labute approximate surface area is 142 Å². The van der Waals surface area contributed by atoms with E-state index in [1.54, 1.807) is 6.20 Å². The van der Waals surface area contributed by atoms with Crippen LogP contribution in [0.5, 0.6) is 0 Å². The van der Waals surface area contributed by atoms with Gasteiger partial charge in [0, 0.05) is 32.8 Å². The van der Waals surface area contributed by atoms with E-state index in [1.807, 2.05) is 0 Å². The molecule has 1 aliphatic heterocycles. The predicted octanol–water partition coefficient (Wildman–Crippen LogP) is 1.91. The zero-order valence-electron chi connectivity index (χ0n) is 14.9. The van der Waals surface area contributed by atoms with Crippen LogP contribution >= 0.6 is 0 Å². The highest BCUT2D eigenvalue weighted by molar-refractivity contribution is 5.68. The summed E-state index contributed by atoms with van der Waals surface area (Å²) in [4.78, 5) is 2.22. The minimum absolute atomic E-state index is 0.0842. The second-order valence-electron chi connectivity index (χ2n) is 7.62. The molecule has 2 aromatic heterocycles. The van der Waals surface area contributed by atoms with Crippen molar-refractivity contribution in [2.75, 3.05) is 30.9 Å². The Morgan fingerprint density at radius 3 is 2.62 bits per heavy atom. The van der Waals surface area contributed by atoms with Gasteiger partial charge in [0.15, 0.2) is 5.82 Å². The lowest BCUT2D eigenvalue weighted by atomic mass is 9.96. The van der Waals surface area contributed by atoms with Gasteiger partial charge in [-0.1, -0.05) is 20.8 Å². The molecule has 1 saturated heterocycles. The Morgan fingerprint density at radius 2 is 2.04 bits per heavy atom. The standard InChI is InChI=1S/C16H27N7O/c1-16(2,3)10-23-14(12-9-18-19-13(12)17)20-21-15(23)22(4)11-5-7-24-8-6-11/h9,11H,5-8,10H2,1-4H3,(H3,17,18,19). The van der Waals surface area contributed by atoms with Gasteiger partial charge in [-0.3, -0.25) is 9.67 Å². The van der Waals surface area contributed by atoms with Gasteiger partial charge in [-0.2, -0.15) is 5.10 Å². The molecule has 8 nitrogen and oxygen atoms in total. The highest BCUT2D eigenvalue weighted by atomic mass is 16.5. The molecule has 0 amide bonds. The van der Waals surface area contributed by atoms with Crippen LogP contribution in [0.15, 0.2) is 6.20 Å². The summed E-state index contributed by atoms with van der Waals surface area (Å²) in [7, 11) is 2.08. The first kappa shape index (κ1) is 16.8. The Kier molecular flexibility index (Phi) is 4.49. The Hall–Kier alpha value is -2.09. The van der Waals surface area contributed by atoms with Crippen LogP contribution in [0, 0.1) is 5.41 Å². The van der Waals surface area contributed by atoms with Crippen molar-refractivity contribution in [2.24, 2.45) is 5.41 Å². The molecule has 0 spiro atoms. The molecule has 24 heavy (non-hydrogen) atoms. The number of nitrogens with two attached hydrogens (primary N) is 1. The van der Waals surface area contributed by atoms with E-state index in [4.69, 9.17) is 10.5 Å². The van der Waals surface area contributed by atoms with E-state index >= 15 is 0 Å². The molecule has 8 heteroatoms. The van der Waals surface area contributed by atoms with Crippen molar-refractivity contribution in [3.05, 3.63) is 6.20 Å². The minimum atomic E-state index is 0.0842. The number of hydrogen-bond donors (Lipinski definition) is 2. The van der Waals surface area contributed by atoms with E-state index in [2.05, 4.69) is 57.7 Å². The number of ether oxygens (including phenoxy) is 1. The first-order valence-electron chi connectivity index (χ1n) is 8.40. The highest BCUT2D eigenvalue weighted by Crippen LogP contribution is 2.30. The number of aromatic amines is 1. The lowest BCUT2D eigenvalue weighted by Crippen LogP contribution is -2.38. The molecule has 0 atom stereocenters. The maximum Gasteiger partial charge on any atom is 0.227 e. The van der Waals surface area contributed by atoms with Gasteiger partial charge in [0.05, 0.1) is 11.8 Å². The lowest BCUT2D eigenvalue weighted by Gasteiger charge is -2.33. The van der Waals surface area contributed by atoms with Crippen molar-refractivity contribution >= 4 is 11.8 Å². The molecule has 0 aromatic carbocycles. The van der Waals surface area contributed by atoms with Crippen molar-refractivity contribution in [3.8, 4) is 11.4 Å². The third kappa shape index (κ3) is 3.38. The molecule has 3 rings (SSSR count). The van der Waals surface area contributed by atoms with Gasteiger partial charge in [-0.05, 0) is 18.3 Å². The molecule has 3 N–H and O–H groups in total. The number of aromatic nitrogens is 5. The molecule has 2 aromatic rings. The average Bonchev–Trinajstić information content (AvgIpc) is 3.12. The largest absolute Gasteiger partial charge is 0.383 e. The Balaban J connectivity index is 1.99. The van der Waals surface area contributed by atoms with Crippen LogP contribution < -0.4 is 10.6 Å². The van der Waals surface area contributed by atoms with Crippen molar-refractivity contribution in [1.82, 2.24) is 25.0 Å². The van der Waals surface area contributed by atoms with E-state index in [0.29, 0.717) is 11.9 Å². The van der Waals surface area contributed by atoms with Crippen LogP contribution in [0.4, 0.5) is 11.8 Å². The molecule has 0 bridgehead atoms. The topological polar surface area (TPSA) is 97.9 Å². The second kappa shape index (κ2) is 6.43. The van der Waals surface area contributed by atoms with E-state index in [1.165, 1.54) is 0 Å². The second-order valence-corrected chi connectivity index (χ2v) is 7.62. The van der Waals surface area contributed by atoms with Crippen LogP contribution in [0.25, 0.3) is 11.4 Å². The normalized spacial score (nSPS) is 16.5. The van der Waals surface area contributed by atoms with Gasteiger partial charge in [-0.25, -0.2) is 0 Å². The van der Waals surface area contributed by atoms with Gasteiger partial charge in [0.25, 0.3) is 0 Å². The highest BCUT2D eigenvalue weighted by Gasteiger charge is 2.27. The molecule has 132 valence electrons. The van der Waals surface area contributed by atoms with E-state index in [0.717, 1.165) is 49.9 Å². The number of rotatable bonds is 4. The smallest absolute Gasteiger partial charge is 0.227 e. The third-order valence-electron chi connectivity index (χ3n) is 4.33. The maximum atomic E-state index is 6.00. The van der Waals surface area contributed by atoms with Crippen molar-refractivity contribution < 1.29 is 4.74 Å². The number of H-pyrrole nitrogens is 1. The fourth-order valence-electron chi connectivity index (χ4n) is 3.08. The summed E-state index contributed by atoms with van der Waals surface area (Å²) in [6, 6.07) is 0.413. The number of anilines is 2. The maximum absolute atomic E-state index is 6.00. The first-order chi connectivity index (χ1) is 11.4. The summed E-state index contributed by atoms with van der Waals surface area (Å²) in [6.07, 6.45) is 3.71. The van der Waals surface area contributed by atoms with E-state index in [-0.39, 0.29) is 5.41 Å². The molecule has 0 radical (unpaired) electrons. The summed E-state index contributed by atoms with van der Waals surface area (Å²) in [5.74, 6) is 2.13. The molecular weight excluding hydrogens is 306 g/mol. The fraction of sp³-hybridized carbons (Fsp3) is 0.688. The van der Waals surface area contributed by atoms with Crippen LogP contribution in [0.1, 0.15) is 33.6 Å². The Bertz CT molecular complexity index is 679.